The number of aryl methyl sites for hydroxylation is 1. The van der Waals surface area contributed by atoms with Gasteiger partial charge in [-0.2, -0.15) is 0 Å². The smallest absolute Gasteiger partial charge is 0.306 e. The van der Waals surface area contributed by atoms with Gasteiger partial charge in [-0.05, 0) is 56.7 Å². The van der Waals surface area contributed by atoms with Gasteiger partial charge in [0, 0.05) is 12.1 Å². The number of nitrogens with zero attached hydrogens (tertiary/aromatic N) is 1. The fraction of sp³-hybridized carbons (Fsp3) is 0.471. The molecule has 1 aromatic heterocycles. The molecule has 0 radical (unpaired) electrons. The Morgan fingerprint density at radius 1 is 1.30 bits per heavy atom. The van der Waals surface area contributed by atoms with Crippen LogP contribution in [0.1, 0.15) is 41.0 Å². The summed E-state index contributed by atoms with van der Waals surface area (Å²) in [6.07, 6.45) is 3.15. The standard InChI is InChI=1S/C17H20N2O3S/c1-10-19-14-7-6-13(8-15(14)23-10)16(20)18-9-11-2-4-12(5-3-11)17(21)22/h6-8,11-12H,2-5,9H2,1H3,(H,18,20)(H,21,22). The molecule has 0 aliphatic heterocycles. The number of hydrogen-bond donors (Lipinski definition) is 2. The number of benzene rings is 1. The van der Waals surface area contributed by atoms with Crippen LogP contribution in [0.2, 0.25) is 0 Å². The van der Waals surface area contributed by atoms with Crippen LogP contribution in [-0.4, -0.2) is 28.5 Å². The van der Waals surface area contributed by atoms with Crippen LogP contribution in [0.25, 0.3) is 10.2 Å². The minimum absolute atomic E-state index is 0.0710. The molecule has 23 heavy (non-hydrogen) atoms. The molecule has 3 rings (SSSR count). The van der Waals surface area contributed by atoms with Crippen LogP contribution in [0.5, 0.6) is 0 Å². The van der Waals surface area contributed by atoms with Crippen molar-refractivity contribution in [1.29, 1.82) is 0 Å². The summed E-state index contributed by atoms with van der Waals surface area (Å²) in [7, 11) is 0. The van der Waals surface area contributed by atoms with Crippen molar-refractivity contribution in [2.75, 3.05) is 6.54 Å². The molecule has 5 nitrogen and oxygen atoms in total. The first-order valence-corrected chi connectivity index (χ1v) is 8.73. The van der Waals surface area contributed by atoms with Gasteiger partial charge in [0.1, 0.15) is 0 Å². The van der Waals surface area contributed by atoms with E-state index in [1.54, 1.807) is 17.4 Å². The number of aliphatic carboxylic acids is 1. The fourth-order valence-electron chi connectivity index (χ4n) is 3.13. The van der Waals surface area contributed by atoms with Crippen molar-refractivity contribution in [3.8, 4) is 0 Å². The van der Waals surface area contributed by atoms with E-state index in [1.165, 1.54) is 0 Å². The fourth-order valence-corrected chi connectivity index (χ4v) is 4.00. The zero-order chi connectivity index (χ0) is 16.4. The number of amides is 1. The van der Waals surface area contributed by atoms with E-state index in [0.29, 0.717) is 30.9 Å². The number of carbonyl (C=O) groups is 2. The molecule has 1 aliphatic rings. The third-order valence-electron chi connectivity index (χ3n) is 4.50. The van der Waals surface area contributed by atoms with Gasteiger partial charge in [0.05, 0.1) is 21.1 Å². The minimum atomic E-state index is -0.694. The minimum Gasteiger partial charge on any atom is -0.481 e. The maximum atomic E-state index is 12.3. The first kappa shape index (κ1) is 15.9. The maximum Gasteiger partial charge on any atom is 0.306 e. The van der Waals surface area contributed by atoms with Crippen LogP contribution in [0.3, 0.4) is 0 Å². The molecule has 0 atom stereocenters. The van der Waals surface area contributed by atoms with Crippen LogP contribution < -0.4 is 5.32 Å². The Bertz CT molecular complexity index is 733. The predicted octanol–water partition coefficient (Wildman–Crippen LogP) is 3.23. The van der Waals surface area contributed by atoms with E-state index in [-0.39, 0.29) is 11.8 Å². The average Bonchev–Trinajstić information content (AvgIpc) is 2.92. The molecule has 1 aliphatic carbocycles. The normalized spacial score (nSPS) is 21.3. The topological polar surface area (TPSA) is 79.3 Å². The van der Waals surface area contributed by atoms with Crippen molar-refractivity contribution in [3.63, 3.8) is 0 Å². The second kappa shape index (κ2) is 6.66. The summed E-state index contributed by atoms with van der Waals surface area (Å²) < 4.78 is 1.03. The molecular formula is C17H20N2O3S. The number of nitrogens with one attached hydrogen (secondary N) is 1. The van der Waals surface area contributed by atoms with Crippen molar-refractivity contribution >= 4 is 33.4 Å². The van der Waals surface area contributed by atoms with Crippen molar-refractivity contribution < 1.29 is 14.7 Å². The third kappa shape index (κ3) is 3.69. The summed E-state index contributed by atoms with van der Waals surface area (Å²) in [5.41, 5.74) is 1.58. The van der Waals surface area contributed by atoms with Crippen molar-refractivity contribution in [2.24, 2.45) is 11.8 Å². The Kier molecular flexibility index (Phi) is 4.61. The van der Waals surface area contributed by atoms with Crippen molar-refractivity contribution in [3.05, 3.63) is 28.8 Å². The molecule has 0 saturated heterocycles. The van der Waals surface area contributed by atoms with Gasteiger partial charge in [0.2, 0.25) is 0 Å². The highest BCUT2D eigenvalue weighted by molar-refractivity contribution is 7.18. The lowest BCUT2D eigenvalue weighted by atomic mass is 9.82. The van der Waals surface area contributed by atoms with E-state index in [2.05, 4.69) is 10.3 Å². The average molecular weight is 332 g/mol. The zero-order valence-electron chi connectivity index (χ0n) is 13.0. The van der Waals surface area contributed by atoms with Gasteiger partial charge < -0.3 is 10.4 Å². The number of aromatic nitrogens is 1. The van der Waals surface area contributed by atoms with E-state index < -0.39 is 5.97 Å². The van der Waals surface area contributed by atoms with Gasteiger partial charge in [-0.15, -0.1) is 11.3 Å². The van der Waals surface area contributed by atoms with E-state index in [4.69, 9.17) is 5.11 Å². The van der Waals surface area contributed by atoms with Gasteiger partial charge >= 0.3 is 5.97 Å². The molecule has 1 aromatic carbocycles. The lowest BCUT2D eigenvalue weighted by Gasteiger charge is -2.26. The largest absolute Gasteiger partial charge is 0.481 e. The highest BCUT2D eigenvalue weighted by atomic mass is 32.1. The Labute approximate surface area is 138 Å². The molecule has 1 saturated carbocycles. The van der Waals surface area contributed by atoms with Crippen molar-refractivity contribution in [2.45, 2.75) is 32.6 Å². The highest BCUT2D eigenvalue weighted by Crippen LogP contribution is 2.28. The second-order valence-electron chi connectivity index (χ2n) is 6.18. The van der Waals surface area contributed by atoms with Gasteiger partial charge in [-0.25, -0.2) is 4.98 Å². The van der Waals surface area contributed by atoms with E-state index in [0.717, 1.165) is 28.1 Å². The molecule has 1 fully saturated rings. The number of fused-ring (bicyclic) bond motifs is 1. The lowest BCUT2D eigenvalue weighted by molar-refractivity contribution is -0.143. The molecule has 0 unspecified atom stereocenters. The van der Waals surface area contributed by atoms with Gasteiger partial charge in [-0.1, -0.05) is 0 Å². The number of carbonyl (C=O) groups excluding carboxylic acids is 1. The van der Waals surface area contributed by atoms with Crippen LogP contribution in [0.4, 0.5) is 0 Å². The molecule has 1 heterocycles. The first-order valence-electron chi connectivity index (χ1n) is 7.91. The summed E-state index contributed by atoms with van der Waals surface area (Å²) in [4.78, 5) is 27.6. The van der Waals surface area contributed by atoms with E-state index >= 15 is 0 Å². The predicted molar refractivity (Wildman–Crippen MR) is 89.8 cm³/mol. The number of hydrogen-bond acceptors (Lipinski definition) is 4. The highest BCUT2D eigenvalue weighted by Gasteiger charge is 2.26. The monoisotopic (exact) mass is 332 g/mol. The summed E-state index contributed by atoms with van der Waals surface area (Å²) in [5.74, 6) is -0.596. The number of thiazole rings is 1. The Morgan fingerprint density at radius 2 is 2.04 bits per heavy atom. The first-order chi connectivity index (χ1) is 11.0. The van der Waals surface area contributed by atoms with Crippen LogP contribution in [0, 0.1) is 18.8 Å². The maximum absolute atomic E-state index is 12.3. The Morgan fingerprint density at radius 3 is 2.74 bits per heavy atom. The van der Waals surface area contributed by atoms with Crippen LogP contribution in [0.15, 0.2) is 18.2 Å². The zero-order valence-corrected chi connectivity index (χ0v) is 13.9. The number of carboxylic acids is 1. The molecule has 0 spiro atoms. The van der Waals surface area contributed by atoms with E-state index in [9.17, 15) is 9.59 Å². The third-order valence-corrected chi connectivity index (χ3v) is 5.44. The van der Waals surface area contributed by atoms with Crippen molar-refractivity contribution in [1.82, 2.24) is 10.3 Å². The molecule has 6 heteroatoms. The molecule has 122 valence electrons. The molecule has 2 N–H and O–H groups in total. The Balaban J connectivity index is 1.55. The van der Waals surface area contributed by atoms with Gasteiger partial charge in [-0.3, -0.25) is 9.59 Å². The quantitative estimate of drug-likeness (QED) is 0.901. The molecule has 0 bridgehead atoms. The van der Waals surface area contributed by atoms with Gasteiger partial charge in [0.25, 0.3) is 5.91 Å². The lowest BCUT2D eigenvalue weighted by Crippen LogP contribution is -2.32. The molecular weight excluding hydrogens is 312 g/mol. The number of carboxylic acid groups (broad SMARTS) is 1. The molecule has 1 amide bonds. The second-order valence-corrected chi connectivity index (χ2v) is 7.42. The Hall–Kier alpha value is -1.95. The molecule has 2 aromatic rings. The van der Waals surface area contributed by atoms with E-state index in [1.807, 2.05) is 19.1 Å². The van der Waals surface area contributed by atoms with Crippen LogP contribution >= 0.6 is 11.3 Å². The summed E-state index contributed by atoms with van der Waals surface area (Å²) in [6, 6.07) is 5.57. The summed E-state index contributed by atoms with van der Waals surface area (Å²) >= 11 is 1.59. The SMILES string of the molecule is Cc1nc2ccc(C(=O)NCC3CCC(C(=O)O)CC3)cc2s1. The number of rotatable bonds is 4. The van der Waals surface area contributed by atoms with Crippen LogP contribution in [-0.2, 0) is 4.79 Å². The van der Waals surface area contributed by atoms with Gasteiger partial charge in [0.15, 0.2) is 0 Å². The summed E-state index contributed by atoms with van der Waals surface area (Å²) in [6.45, 7) is 2.57. The summed E-state index contributed by atoms with van der Waals surface area (Å²) in [5, 5.41) is 13.0.